The van der Waals surface area contributed by atoms with Crippen molar-refractivity contribution in [3.8, 4) is 5.75 Å². The maximum Gasteiger partial charge on any atom is 0.273 e. The summed E-state index contributed by atoms with van der Waals surface area (Å²) in [5.41, 5.74) is 0.0520. The van der Waals surface area contributed by atoms with Gasteiger partial charge in [0.15, 0.2) is 0 Å². The maximum atomic E-state index is 10.7. The third kappa shape index (κ3) is 4.18. The summed E-state index contributed by atoms with van der Waals surface area (Å²) >= 11 is 0. The van der Waals surface area contributed by atoms with Gasteiger partial charge in [-0.3, -0.25) is 15.0 Å². The van der Waals surface area contributed by atoms with Crippen LogP contribution in [-0.4, -0.2) is 48.3 Å². The van der Waals surface area contributed by atoms with Crippen LogP contribution in [0, 0.1) is 10.1 Å². The van der Waals surface area contributed by atoms with Crippen molar-refractivity contribution in [3.05, 3.63) is 34.4 Å². The van der Waals surface area contributed by atoms with Crippen molar-refractivity contribution >= 4 is 5.69 Å². The van der Waals surface area contributed by atoms with Gasteiger partial charge in [-0.15, -0.1) is 0 Å². The van der Waals surface area contributed by atoms with E-state index < -0.39 is 4.92 Å². The molecule has 1 aromatic carbocycles. The van der Waals surface area contributed by atoms with E-state index in [-0.39, 0.29) is 17.9 Å². The van der Waals surface area contributed by atoms with Gasteiger partial charge in [-0.25, -0.2) is 0 Å². The topological polar surface area (TPSA) is 64.8 Å². The van der Waals surface area contributed by atoms with E-state index in [1.807, 2.05) is 0 Å². The Labute approximate surface area is 118 Å². The van der Waals surface area contributed by atoms with Gasteiger partial charge in [0.25, 0.3) is 5.69 Å². The molecular formula is C14H20N2O4. The number of hydrogen-bond donors (Lipinski definition) is 0. The van der Waals surface area contributed by atoms with E-state index in [0.717, 1.165) is 19.6 Å². The molecular weight excluding hydrogens is 260 g/mol. The Morgan fingerprint density at radius 1 is 1.40 bits per heavy atom. The van der Waals surface area contributed by atoms with Gasteiger partial charge in [0.05, 0.1) is 23.2 Å². The number of hydrogen-bond acceptors (Lipinski definition) is 5. The molecule has 1 aliphatic rings. The highest BCUT2D eigenvalue weighted by Crippen LogP contribution is 2.19. The van der Waals surface area contributed by atoms with Crippen molar-refractivity contribution in [1.29, 1.82) is 0 Å². The summed E-state index contributed by atoms with van der Waals surface area (Å²) in [7, 11) is 0. The summed E-state index contributed by atoms with van der Waals surface area (Å²) in [6.07, 6.45) is 0.466. The van der Waals surface area contributed by atoms with E-state index in [1.165, 1.54) is 12.1 Å². The maximum absolute atomic E-state index is 10.7. The molecule has 0 N–H and O–H groups in total. The highest BCUT2D eigenvalue weighted by Gasteiger charge is 2.21. The minimum Gasteiger partial charge on any atom is -0.492 e. The minimum absolute atomic E-state index is 0.0520. The summed E-state index contributed by atoms with van der Waals surface area (Å²) in [6.45, 7) is 7.21. The van der Waals surface area contributed by atoms with E-state index in [2.05, 4.69) is 18.7 Å². The van der Waals surface area contributed by atoms with Crippen LogP contribution in [-0.2, 0) is 4.74 Å². The molecule has 1 aromatic rings. The SMILES string of the molecule is CC1CN(CCOc2cccc([N+](=O)[O-])c2)CC(C)O1. The average molecular weight is 280 g/mol. The lowest BCUT2D eigenvalue weighted by molar-refractivity contribution is -0.384. The smallest absolute Gasteiger partial charge is 0.273 e. The minimum atomic E-state index is -0.418. The van der Waals surface area contributed by atoms with E-state index >= 15 is 0 Å². The van der Waals surface area contributed by atoms with Crippen LogP contribution < -0.4 is 4.74 Å². The number of nitro groups is 1. The fraction of sp³-hybridized carbons (Fsp3) is 0.571. The summed E-state index contributed by atoms with van der Waals surface area (Å²) in [6, 6.07) is 6.27. The van der Waals surface area contributed by atoms with Crippen LogP contribution >= 0.6 is 0 Å². The second kappa shape index (κ2) is 6.67. The van der Waals surface area contributed by atoms with E-state index in [0.29, 0.717) is 12.4 Å². The number of nitrogens with zero attached hydrogens (tertiary/aromatic N) is 2. The van der Waals surface area contributed by atoms with E-state index in [1.54, 1.807) is 12.1 Å². The third-order valence-electron chi connectivity index (χ3n) is 3.20. The van der Waals surface area contributed by atoms with E-state index in [9.17, 15) is 10.1 Å². The molecule has 0 radical (unpaired) electrons. The number of non-ortho nitro benzene ring substituents is 1. The first-order valence-corrected chi connectivity index (χ1v) is 6.79. The lowest BCUT2D eigenvalue weighted by atomic mass is 10.2. The summed E-state index contributed by atoms with van der Waals surface area (Å²) in [5, 5.41) is 10.7. The Kier molecular flexibility index (Phi) is 4.92. The first kappa shape index (κ1) is 14.7. The van der Waals surface area contributed by atoms with Crippen molar-refractivity contribution in [2.75, 3.05) is 26.2 Å². The molecule has 2 rings (SSSR count). The van der Waals surface area contributed by atoms with Gasteiger partial charge in [-0.1, -0.05) is 6.07 Å². The molecule has 0 amide bonds. The van der Waals surface area contributed by atoms with Crippen LogP contribution in [0.15, 0.2) is 24.3 Å². The molecule has 0 spiro atoms. The molecule has 1 saturated heterocycles. The van der Waals surface area contributed by atoms with Crippen molar-refractivity contribution in [1.82, 2.24) is 4.90 Å². The van der Waals surface area contributed by atoms with Crippen LogP contribution in [0.4, 0.5) is 5.69 Å². The second-order valence-electron chi connectivity index (χ2n) is 5.12. The quantitative estimate of drug-likeness (QED) is 0.610. The zero-order chi connectivity index (χ0) is 14.5. The Morgan fingerprint density at radius 2 is 2.10 bits per heavy atom. The molecule has 2 unspecified atom stereocenters. The number of ether oxygens (including phenoxy) is 2. The summed E-state index contributed by atoms with van der Waals surface area (Å²) in [5.74, 6) is 0.536. The standard InChI is InChI=1S/C14H20N2O4/c1-11-9-15(10-12(2)20-11)6-7-19-14-5-3-4-13(8-14)16(17)18/h3-5,8,11-12H,6-7,9-10H2,1-2H3. The lowest BCUT2D eigenvalue weighted by Gasteiger charge is -2.35. The fourth-order valence-electron chi connectivity index (χ4n) is 2.45. The third-order valence-corrected chi connectivity index (χ3v) is 3.20. The molecule has 2 atom stereocenters. The summed E-state index contributed by atoms with van der Waals surface area (Å²) < 4.78 is 11.2. The highest BCUT2D eigenvalue weighted by molar-refractivity contribution is 5.37. The molecule has 110 valence electrons. The number of nitro benzene ring substituents is 1. The van der Waals surface area contributed by atoms with Gasteiger partial charge in [0, 0.05) is 25.7 Å². The number of morpholine rings is 1. The van der Waals surface area contributed by atoms with Gasteiger partial charge in [0.2, 0.25) is 0 Å². The fourth-order valence-corrected chi connectivity index (χ4v) is 2.45. The summed E-state index contributed by atoms with van der Waals surface area (Å²) in [4.78, 5) is 12.5. The van der Waals surface area contributed by atoms with Crippen LogP contribution in [0.2, 0.25) is 0 Å². The Balaban J connectivity index is 1.81. The predicted octanol–water partition coefficient (Wildman–Crippen LogP) is 2.08. The van der Waals surface area contributed by atoms with Crippen LogP contribution in [0.25, 0.3) is 0 Å². The highest BCUT2D eigenvalue weighted by atomic mass is 16.6. The van der Waals surface area contributed by atoms with Crippen molar-refractivity contribution < 1.29 is 14.4 Å². The van der Waals surface area contributed by atoms with Crippen LogP contribution in [0.1, 0.15) is 13.8 Å². The van der Waals surface area contributed by atoms with E-state index in [4.69, 9.17) is 9.47 Å². The Morgan fingerprint density at radius 3 is 2.75 bits per heavy atom. The molecule has 6 nitrogen and oxygen atoms in total. The first-order chi connectivity index (χ1) is 9.54. The van der Waals surface area contributed by atoms with Gasteiger partial charge in [-0.05, 0) is 19.9 Å². The molecule has 1 aliphatic heterocycles. The van der Waals surface area contributed by atoms with Crippen molar-refractivity contribution in [2.24, 2.45) is 0 Å². The molecule has 1 heterocycles. The lowest BCUT2D eigenvalue weighted by Crippen LogP contribution is -2.46. The molecule has 0 aromatic heterocycles. The molecule has 0 saturated carbocycles. The van der Waals surface area contributed by atoms with Gasteiger partial charge < -0.3 is 9.47 Å². The molecule has 0 aliphatic carbocycles. The second-order valence-corrected chi connectivity index (χ2v) is 5.12. The zero-order valence-corrected chi connectivity index (χ0v) is 11.8. The predicted molar refractivity (Wildman–Crippen MR) is 75.0 cm³/mol. The zero-order valence-electron chi connectivity index (χ0n) is 11.8. The normalized spacial score (nSPS) is 23.5. The molecule has 1 fully saturated rings. The van der Waals surface area contributed by atoms with Gasteiger partial charge in [0.1, 0.15) is 12.4 Å². The first-order valence-electron chi connectivity index (χ1n) is 6.79. The van der Waals surface area contributed by atoms with Gasteiger partial charge >= 0.3 is 0 Å². The average Bonchev–Trinajstić information content (AvgIpc) is 2.38. The largest absolute Gasteiger partial charge is 0.492 e. The Hall–Kier alpha value is -1.66. The van der Waals surface area contributed by atoms with Crippen molar-refractivity contribution in [3.63, 3.8) is 0 Å². The van der Waals surface area contributed by atoms with Crippen molar-refractivity contribution in [2.45, 2.75) is 26.1 Å². The number of rotatable bonds is 5. The van der Waals surface area contributed by atoms with Crippen LogP contribution in [0.5, 0.6) is 5.75 Å². The number of benzene rings is 1. The molecule has 6 heteroatoms. The Bertz CT molecular complexity index is 456. The van der Waals surface area contributed by atoms with Crippen LogP contribution in [0.3, 0.4) is 0 Å². The molecule has 0 bridgehead atoms. The van der Waals surface area contributed by atoms with Gasteiger partial charge in [-0.2, -0.15) is 0 Å². The molecule has 20 heavy (non-hydrogen) atoms. The monoisotopic (exact) mass is 280 g/mol.